The van der Waals surface area contributed by atoms with E-state index in [1.54, 1.807) is 0 Å². The molecule has 0 amide bonds. The molecule has 3 heteroatoms. The van der Waals surface area contributed by atoms with Crippen molar-refractivity contribution >= 4 is 0 Å². The molecule has 0 bridgehead atoms. The van der Waals surface area contributed by atoms with E-state index in [9.17, 15) is 0 Å². The van der Waals surface area contributed by atoms with E-state index in [4.69, 9.17) is 4.74 Å². The summed E-state index contributed by atoms with van der Waals surface area (Å²) in [4.78, 5) is 4.49. The molecule has 0 saturated carbocycles. The monoisotopic (exact) mass is 250 g/mol. The Hall–Kier alpha value is -1.09. The van der Waals surface area contributed by atoms with Crippen LogP contribution in [-0.4, -0.2) is 24.2 Å². The molecule has 1 unspecified atom stereocenters. The second-order valence-corrected chi connectivity index (χ2v) is 4.74. The van der Waals surface area contributed by atoms with Crippen LogP contribution in [-0.2, 0) is 6.42 Å². The highest BCUT2D eigenvalue weighted by atomic mass is 16.5. The predicted octanol–water partition coefficient (Wildman–Crippen LogP) is 3.11. The van der Waals surface area contributed by atoms with Gasteiger partial charge in [-0.25, -0.2) is 0 Å². The van der Waals surface area contributed by atoms with Crippen LogP contribution in [0.15, 0.2) is 12.1 Å². The molecular weight excluding hydrogens is 224 g/mol. The minimum absolute atomic E-state index is 0.570. The van der Waals surface area contributed by atoms with Crippen molar-refractivity contribution in [2.45, 2.75) is 53.0 Å². The van der Waals surface area contributed by atoms with Crippen LogP contribution < -0.4 is 10.1 Å². The van der Waals surface area contributed by atoms with E-state index in [-0.39, 0.29) is 0 Å². The molecule has 0 aliphatic heterocycles. The fourth-order valence-electron chi connectivity index (χ4n) is 1.98. The standard InChI is InChI=1S/C15H26N2O/c1-5-7-12(3)16-10-11-18-15-9-8-13(4)17-14(15)6-2/h8-9,12,16H,5-7,10-11H2,1-4H3. The molecule has 0 fully saturated rings. The third-order valence-corrected chi connectivity index (χ3v) is 2.98. The Morgan fingerprint density at radius 1 is 1.33 bits per heavy atom. The van der Waals surface area contributed by atoms with E-state index in [2.05, 4.69) is 31.1 Å². The van der Waals surface area contributed by atoms with Crippen molar-refractivity contribution < 1.29 is 4.74 Å². The summed E-state index contributed by atoms with van der Waals surface area (Å²) in [5.74, 6) is 0.924. The van der Waals surface area contributed by atoms with Crippen molar-refractivity contribution in [2.75, 3.05) is 13.2 Å². The van der Waals surface area contributed by atoms with Gasteiger partial charge in [-0.3, -0.25) is 4.98 Å². The van der Waals surface area contributed by atoms with Crippen molar-refractivity contribution in [3.63, 3.8) is 0 Å². The first-order valence-electron chi connectivity index (χ1n) is 7.00. The number of nitrogens with one attached hydrogen (secondary N) is 1. The van der Waals surface area contributed by atoms with Crippen LogP contribution in [0.2, 0.25) is 0 Å². The van der Waals surface area contributed by atoms with Gasteiger partial charge in [-0.15, -0.1) is 0 Å². The molecule has 1 atom stereocenters. The molecule has 1 aromatic rings. The van der Waals surface area contributed by atoms with Crippen LogP contribution in [0.4, 0.5) is 0 Å². The Morgan fingerprint density at radius 2 is 2.11 bits per heavy atom. The summed E-state index contributed by atoms with van der Waals surface area (Å²) < 4.78 is 5.79. The largest absolute Gasteiger partial charge is 0.490 e. The topological polar surface area (TPSA) is 34.1 Å². The molecule has 0 radical (unpaired) electrons. The quantitative estimate of drug-likeness (QED) is 0.720. The minimum Gasteiger partial charge on any atom is -0.490 e. The van der Waals surface area contributed by atoms with Gasteiger partial charge in [-0.2, -0.15) is 0 Å². The number of aryl methyl sites for hydroxylation is 2. The van der Waals surface area contributed by atoms with Crippen LogP contribution in [0, 0.1) is 6.92 Å². The fraction of sp³-hybridized carbons (Fsp3) is 0.667. The lowest BCUT2D eigenvalue weighted by molar-refractivity contribution is 0.300. The van der Waals surface area contributed by atoms with Gasteiger partial charge in [0.2, 0.25) is 0 Å². The number of pyridine rings is 1. The molecule has 18 heavy (non-hydrogen) atoms. The number of hydrogen-bond donors (Lipinski definition) is 1. The maximum atomic E-state index is 5.79. The van der Waals surface area contributed by atoms with Gasteiger partial charge in [0.15, 0.2) is 0 Å². The first-order chi connectivity index (χ1) is 8.67. The Labute approximate surface area is 111 Å². The zero-order chi connectivity index (χ0) is 13.4. The molecule has 0 aliphatic rings. The van der Waals surface area contributed by atoms with Gasteiger partial charge < -0.3 is 10.1 Å². The maximum absolute atomic E-state index is 5.79. The highest BCUT2D eigenvalue weighted by Gasteiger charge is 2.04. The normalized spacial score (nSPS) is 12.4. The number of ether oxygens (including phenoxy) is 1. The van der Waals surface area contributed by atoms with E-state index in [0.29, 0.717) is 12.6 Å². The molecule has 0 spiro atoms. The number of nitrogens with zero attached hydrogens (tertiary/aromatic N) is 1. The molecule has 0 aliphatic carbocycles. The van der Waals surface area contributed by atoms with Gasteiger partial charge in [-0.1, -0.05) is 20.3 Å². The summed E-state index contributed by atoms with van der Waals surface area (Å²) in [7, 11) is 0. The van der Waals surface area contributed by atoms with Gasteiger partial charge in [0, 0.05) is 18.3 Å². The average molecular weight is 250 g/mol. The summed E-state index contributed by atoms with van der Waals surface area (Å²) in [5, 5.41) is 3.46. The molecular formula is C15H26N2O. The van der Waals surface area contributed by atoms with Crippen molar-refractivity contribution in [1.82, 2.24) is 10.3 Å². The number of hydrogen-bond acceptors (Lipinski definition) is 3. The van der Waals surface area contributed by atoms with E-state index in [1.807, 2.05) is 19.1 Å². The molecule has 1 N–H and O–H groups in total. The summed E-state index contributed by atoms with van der Waals surface area (Å²) >= 11 is 0. The zero-order valence-corrected chi connectivity index (χ0v) is 12.1. The van der Waals surface area contributed by atoms with Crippen molar-refractivity contribution in [3.05, 3.63) is 23.5 Å². The summed E-state index contributed by atoms with van der Waals surface area (Å²) in [6.45, 7) is 10.1. The third-order valence-electron chi connectivity index (χ3n) is 2.98. The third kappa shape index (κ3) is 5.05. The summed E-state index contributed by atoms with van der Waals surface area (Å²) in [6.07, 6.45) is 3.35. The molecule has 102 valence electrons. The first-order valence-corrected chi connectivity index (χ1v) is 7.00. The van der Waals surface area contributed by atoms with Crippen molar-refractivity contribution in [2.24, 2.45) is 0 Å². The lowest BCUT2D eigenvalue weighted by Crippen LogP contribution is -2.30. The highest BCUT2D eigenvalue weighted by Crippen LogP contribution is 2.17. The lowest BCUT2D eigenvalue weighted by Gasteiger charge is -2.14. The van der Waals surface area contributed by atoms with E-state index in [0.717, 1.165) is 30.1 Å². The highest BCUT2D eigenvalue weighted by molar-refractivity contribution is 5.29. The molecule has 0 saturated heterocycles. The number of rotatable bonds is 8. The van der Waals surface area contributed by atoms with Crippen molar-refractivity contribution in [1.29, 1.82) is 0 Å². The molecule has 1 heterocycles. The molecule has 1 aromatic heterocycles. The zero-order valence-electron chi connectivity index (χ0n) is 12.1. The first kappa shape index (κ1) is 15.0. The van der Waals surface area contributed by atoms with Crippen LogP contribution >= 0.6 is 0 Å². The van der Waals surface area contributed by atoms with Gasteiger partial charge in [0.25, 0.3) is 0 Å². The van der Waals surface area contributed by atoms with Crippen LogP contribution in [0.1, 0.15) is 45.0 Å². The molecule has 3 nitrogen and oxygen atoms in total. The minimum atomic E-state index is 0.570. The second-order valence-electron chi connectivity index (χ2n) is 4.74. The second kappa shape index (κ2) is 8.09. The lowest BCUT2D eigenvalue weighted by atomic mass is 10.2. The summed E-state index contributed by atoms with van der Waals surface area (Å²) in [6, 6.07) is 4.60. The van der Waals surface area contributed by atoms with Gasteiger partial charge >= 0.3 is 0 Å². The maximum Gasteiger partial charge on any atom is 0.140 e. The Kier molecular flexibility index (Phi) is 6.73. The Balaban J connectivity index is 2.35. The van der Waals surface area contributed by atoms with Crippen LogP contribution in [0.25, 0.3) is 0 Å². The van der Waals surface area contributed by atoms with Crippen LogP contribution in [0.5, 0.6) is 5.75 Å². The van der Waals surface area contributed by atoms with E-state index < -0.39 is 0 Å². The smallest absolute Gasteiger partial charge is 0.140 e. The van der Waals surface area contributed by atoms with Gasteiger partial charge in [-0.05, 0) is 38.8 Å². The molecule has 0 aromatic carbocycles. The number of aromatic nitrogens is 1. The Bertz CT molecular complexity index is 352. The van der Waals surface area contributed by atoms with E-state index in [1.165, 1.54) is 12.8 Å². The van der Waals surface area contributed by atoms with E-state index >= 15 is 0 Å². The van der Waals surface area contributed by atoms with Gasteiger partial charge in [0.05, 0.1) is 5.69 Å². The summed E-state index contributed by atoms with van der Waals surface area (Å²) in [5.41, 5.74) is 2.10. The average Bonchev–Trinajstić information content (AvgIpc) is 2.36. The van der Waals surface area contributed by atoms with Gasteiger partial charge in [0.1, 0.15) is 12.4 Å². The predicted molar refractivity (Wildman–Crippen MR) is 76.2 cm³/mol. The van der Waals surface area contributed by atoms with Crippen LogP contribution in [0.3, 0.4) is 0 Å². The van der Waals surface area contributed by atoms with Crippen molar-refractivity contribution in [3.8, 4) is 5.75 Å². The Morgan fingerprint density at radius 3 is 2.78 bits per heavy atom. The molecule has 1 rings (SSSR count). The SMILES string of the molecule is CCCC(C)NCCOc1ccc(C)nc1CC. The fourth-order valence-corrected chi connectivity index (χ4v) is 1.98.